The van der Waals surface area contributed by atoms with Gasteiger partial charge in [0.2, 0.25) is 8.03 Å². The first kappa shape index (κ1) is 19.0. The average molecular weight is 375 g/mol. The van der Waals surface area contributed by atoms with Crippen molar-refractivity contribution >= 4 is 19.0 Å². The molecule has 2 aromatic carbocycles. The molecule has 0 aliphatic rings. The van der Waals surface area contributed by atoms with Crippen LogP contribution in [0.3, 0.4) is 0 Å². The molecule has 0 saturated carbocycles. The highest BCUT2D eigenvalue weighted by Crippen LogP contribution is 2.34. The second kappa shape index (κ2) is 7.25. The topological polar surface area (TPSA) is 89.7 Å². The lowest BCUT2D eigenvalue weighted by atomic mass is 10.1. The molecule has 0 bridgehead atoms. The third-order valence-electron chi connectivity index (χ3n) is 3.40. The number of hydrogen-bond donors (Lipinski definition) is 1. The predicted molar refractivity (Wildman–Crippen MR) is 84.8 cm³/mol. The Morgan fingerprint density at radius 2 is 1.84 bits per heavy atom. The van der Waals surface area contributed by atoms with Gasteiger partial charge in [-0.05, 0) is 30.7 Å². The molecule has 2 rings (SSSR count). The number of hydrogen-bond acceptors (Lipinski definition) is 4. The summed E-state index contributed by atoms with van der Waals surface area (Å²) < 4.78 is 54.5. The molecule has 0 radical (unpaired) electrons. The quantitative estimate of drug-likeness (QED) is 0.484. The van der Waals surface area contributed by atoms with Crippen LogP contribution in [0.15, 0.2) is 36.4 Å². The van der Waals surface area contributed by atoms with Crippen LogP contribution in [0, 0.1) is 10.1 Å². The van der Waals surface area contributed by atoms with E-state index in [-0.39, 0.29) is 16.8 Å². The lowest BCUT2D eigenvalue weighted by Crippen LogP contribution is -2.08. The second-order valence-corrected chi connectivity index (χ2v) is 6.17. The fourth-order valence-corrected chi connectivity index (χ4v) is 2.78. The van der Waals surface area contributed by atoms with Crippen LogP contribution in [0.25, 0.3) is 0 Å². The number of nitrogens with zero attached hydrogens (tertiary/aromatic N) is 1. The minimum atomic E-state index is -4.48. The van der Waals surface area contributed by atoms with E-state index in [0.29, 0.717) is 12.0 Å². The van der Waals surface area contributed by atoms with E-state index in [9.17, 15) is 32.7 Å². The molecule has 0 spiro atoms. The molecule has 25 heavy (non-hydrogen) atoms. The van der Waals surface area contributed by atoms with Gasteiger partial charge in [-0.1, -0.05) is 6.92 Å². The van der Waals surface area contributed by atoms with Crippen molar-refractivity contribution in [3.63, 3.8) is 0 Å². The number of benzene rings is 2. The molecule has 2 aromatic rings. The highest BCUT2D eigenvalue weighted by atomic mass is 31.1. The van der Waals surface area contributed by atoms with Gasteiger partial charge in [0, 0.05) is 17.7 Å². The van der Waals surface area contributed by atoms with E-state index in [4.69, 9.17) is 4.74 Å². The highest BCUT2D eigenvalue weighted by molar-refractivity contribution is 7.47. The first-order chi connectivity index (χ1) is 11.6. The minimum absolute atomic E-state index is 0.0696. The molecule has 1 atom stereocenters. The maximum absolute atomic E-state index is 12.6. The third kappa shape index (κ3) is 4.37. The summed E-state index contributed by atoms with van der Waals surface area (Å²) in [5.74, 6) is 0.148. The zero-order chi connectivity index (χ0) is 18.8. The molecule has 0 saturated heterocycles. The Morgan fingerprint density at radius 1 is 1.24 bits per heavy atom. The van der Waals surface area contributed by atoms with Crippen molar-refractivity contribution in [2.75, 3.05) is 0 Å². The monoisotopic (exact) mass is 375 g/mol. The van der Waals surface area contributed by atoms with Crippen LogP contribution in [-0.2, 0) is 17.2 Å². The van der Waals surface area contributed by atoms with E-state index in [2.05, 4.69) is 0 Å². The molecule has 1 N–H and O–H groups in total. The molecule has 0 amide bonds. The van der Waals surface area contributed by atoms with Crippen molar-refractivity contribution in [3.8, 4) is 11.5 Å². The summed E-state index contributed by atoms with van der Waals surface area (Å²) >= 11 is 0. The number of rotatable bonds is 5. The zero-order valence-corrected chi connectivity index (χ0v) is 13.8. The van der Waals surface area contributed by atoms with Crippen molar-refractivity contribution < 1.29 is 32.3 Å². The normalized spacial score (nSPS) is 12.7. The predicted octanol–water partition coefficient (Wildman–Crippen LogP) is 4.06. The molecule has 0 aliphatic heterocycles. The van der Waals surface area contributed by atoms with Gasteiger partial charge < -0.3 is 9.63 Å². The van der Waals surface area contributed by atoms with Crippen LogP contribution in [0.2, 0.25) is 0 Å². The number of nitro benzene ring substituents is 1. The van der Waals surface area contributed by atoms with E-state index in [1.807, 2.05) is 0 Å². The fourth-order valence-electron chi connectivity index (χ4n) is 2.14. The third-order valence-corrected chi connectivity index (χ3v) is 4.26. The van der Waals surface area contributed by atoms with Gasteiger partial charge in [-0.3, -0.25) is 14.7 Å². The Kier molecular flexibility index (Phi) is 5.49. The summed E-state index contributed by atoms with van der Waals surface area (Å²) in [6.07, 6.45) is -4.16. The van der Waals surface area contributed by atoms with Crippen LogP contribution < -0.4 is 10.0 Å². The lowest BCUT2D eigenvalue weighted by molar-refractivity contribution is -0.383. The van der Waals surface area contributed by atoms with Gasteiger partial charge in [-0.2, -0.15) is 13.2 Å². The summed E-state index contributed by atoms with van der Waals surface area (Å²) in [6, 6.07) is 6.09. The number of ether oxygens (including phenoxy) is 1. The Hall–Kier alpha value is -2.38. The maximum atomic E-state index is 12.6. The van der Waals surface area contributed by atoms with Crippen LogP contribution in [0.5, 0.6) is 11.5 Å². The van der Waals surface area contributed by atoms with Crippen molar-refractivity contribution in [2.24, 2.45) is 0 Å². The SMILES string of the molecule is CCc1cc([N+](=O)[O-])c([PH](=O)O)cc1Oc1ccc(C(F)(F)F)cc1. The number of aryl methyl sites for hydroxylation is 1. The van der Waals surface area contributed by atoms with Crippen LogP contribution in [-0.4, -0.2) is 9.82 Å². The molecular weight excluding hydrogens is 362 g/mol. The van der Waals surface area contributed by atoms with Gasteiger partial charge in [0.25, 0.3) is 5.69 Å². The first-order valence-corrected chi connectivity index (χ1v) is 8.38. The second-order valence-electron chi connectivity index (χ2n) is 5.02. The first-order valence-electron chi connectivity index (χ1n) is 7.03. The largest absolute Gasteiger partial charge is 0.457 e. The van der Waals surface area contributed by atoms with E-state index in [1.165, 1.54) is 0 Å². The molecule has 0 heterocycles. The van der Waals surface area contributed by atoms with Crippen LogP contribution in [0.1, 0.15) is 18.1 Å². The summed E-state index contributed by atoms with van der Waals surface area (Å²) in [6.45, 7) is 1.69. The lowest BCUT2D eigenvalue weighted by Gasteiger charge is -2.13. The smallest absolute Gasteiger partial charge is 0.416 e. The van der Waals surface area contributed by atoms with Crippen LogP contribution >= 0.6 is 8.03 Å². The Bertz CT molecular complexity index is 821. The number of alkyl halides is 3. The molecule has 0 aromatic heterocycles. The number of halogens is 3. The molecular formula is C15H13F3NO5P. The van der Waals surface area contributed by atoms with Gasteiger partial charge in [0.1, 0.15) is 16.8 Å². The summed E-state index contributed by atoms with van der Waals surface area (Å²) in [5.41, 5.74) is -0.957. The van der Waals surface area contributed by atoms with Crippen molar-refractivity contribution in [1.82, 2.24) is 0 Å². The zero-order valence-electron chi connectivity index (χ0n) is 12.8. The number of nitro groups is 1. The van der Waals surface area contributed by atoms with E-state index >= 15 is 0 Å². The van der Waals surface area contributed by atoms with Gasteiger partial charge in [-0.25, -0.2) is 0 Å². The van der Waals surface area contributed by atoms with Gasteiger partial charge in [0.15, 0.2) is 0 Å². The Labute approximate surface area is 140 Å². The Balaban J connectivity index is 2.43. The minimum Gasteiger partial charge on any atom is -0.457 e. The summed E-state index contributed by atoms with van der Waals surface area (Å²) in [4.78, 5) is 19.5. The highest BCUT2D eigenvalue weighted by Gasteiger charge is 2.30. The maximum Gasteiger partial charge on any atom is 0.416 e. The summed E-state index contributed by atoms with van der Waals surface area (Å²) in [5, 5.41) is 10.6. The van der Waals surface area contributed by atoms with Crippen molar-refractivity contribution in [3.05, 3.63) is 57.6 Å². The van der Waals surface area contributed by atoms with E-state index in [0.717, 1.165) is 36.4 Å². The molecule has 134 valence electrons. The van der Waals surface area contributed by atoms with E-state index < -0.39 is 30.4 Å². The molecule has 0 aliphatic carbocycles. The van der Waals surface area contributed by atoms with Crippen molar-refractivity contribution in [1.29, 1.82) is 0 Å². The van der Waals surface area contributed by atoms with Crippen molar-refractivity contribution in [2.45, 2.75) is 19.5 Å². The van der Waals surface area contributed by atoms with Gasteiger partial charge in [0.05, 0.1) is 10.5 Å². The molecule has 10 heteroatoms. The van der Waals surface area contributed by atoms with Crippen LogP contribution in [0.4, 0.5) is 18.9 Å². The average Bonchev–Trinajstić information content (AvgIpc) is 2.53. The van der Waals surface area contributed by atoms with E-state index in [1.54, 1.807) is 6.92 Å². The fraction of sp³-hybridized carbons (Fsp3) is 0.200. The van der Waals surface area contributed by atoms with Gasteiger partial charge >= 0.3 is 6.18 Å². The molecule has 1 unspecified atom stereocenters. The standard InChI is InChI=1S/C15H13F3NO5P/c1-2-9-7-12(19(20)21)14(25(22)23)8-13(9)24-11-5-3-10(4-6-11)15(16,17)18/h3-8,25H,2H2,1H3,(H,22,23). The summed E-state index contributed by atoms with van der Waals surface area (Å²) in [7, 11) is -3.37. The van der Waals surface area contributed by atoms with Gasteiger partial charge in [-0.15, -0.1) is 0 Å². The molecule has 0 fully saturated rings. The molecule has 6 nitrogen and oxygen atoms in total. The Morgan fingerprint density at radius 3 is 2.28 bits per heavy atom.